The van der Waals surface area contributed by atoms with Crippen molar-refractivity contribution in [3.05, 3.63) is 54.3 Å². The number of anilines is 1. The number of halogens is 1. The molecule has 0 saturated carbocycles. The van der Waals surface area contributed by atoms with E-state index in [0.29, 0.717) is 5.56 Å². The topological polar surface area (TPSA) is 102 Å². The molecule has 0 unspecified atom stereocenters. The van der Waals surface area contributed by atoms with Crippen LogP contribution in [0.4, 0.5) is 10.4 Å². The SMILES string of the molecule is CSc1ccc(-c2nnc(NC(=O)CS(=O)(=O)c3ccc(F)cc3)o2)cc1. The van der Waals surface area contributed by atoms with Crippen LogP contribution in [0.25, 0.3) is 11.5 Å². The zero-order chi connectivity index (χ0) is 19.4. The Kier molecular flexibility index (Phi) is 5.57. The van der Waals surface area contributed by atoms with Crippen LogP contribution < -0.4 is 5.32 Å². The van der Waals surface area contributed by atoms with Gasteiger partial charge in [0, 0.05) is 10.5 Å². The fourth-order valence-electron chi connectivity index (χ4n) is 2.18. The molecule has 0 radical (unpaired) electrons. The first kappa shape index (κ1) is 19.1. The monoisotopic (exact) mass is 407 g/mol. The molecule has 140 valence electrons. The Morgan fingerprint density at radius 1 is 1.11 bits per heavy atom. The standard InChI is InChI=1S/C17H14FN3O4S2/c1-26-13-6-2-11(3-7-13)16-20-21-17(25-16)19-15(22)10-27(23,24)14-8-4-12(18)5-9-14/h2-9H,10H2,1H3,(H,19,21,22). The molecular formula is C17H14FN3O4S2. The summed E-state index contributed by atoms with van der Waals surface area (Å²) in [5, 5.41) is 9.78. The quantitative estimate of drug-likeness (QED) is 0.495. The van der Waals surface area contributed by atoms with Gasteiger partial charge < -0.3 is 4.42 Å². The number of thioether (sulfide) groups is 1. The van der Waals surface area contributed by atoms with Gasteiger partial charge in [0.15, 0.2) is 9.84 Å². The second-order valence-corrected chi connectivity index (χ2v) is 8.27. The Morgan fingerprint density at radius 3 is 2.41 bits per heavy atom. The third kappa shape index (κ3) is 4.72. The van der Waals surface area contributed by atoms with E-state index < -0.39 is 27.3 Å². The minimum Gasteiger partial charge on any atom is -0.403 e. The minimum atomic E-state index is -3.92. The molecule has 3 rings (SSSR count). The van der Waals surface area contributed by atoms with E-state index in [4.69, 9.17) is 4.42 Å². The van der Waals surface area contributed by atoms with E-state index in [1.165, 1.54) is 0 Å². The van der Waals surface area contributed by atoms with Crippen molar-refractivity contribution in [2.75, 3.05) is 17.3 Å². The smallest absolute Gasteiger partial charge is 0.322 e. The molecule has 0 fully saturated rings. The molecule has 0 bridgehead atoms. The van der Waals surface area contributed by atoms with Gasteiger partial charge in [0.25, 0.3) is 0 Å². The van der Waals surface area contributed by atoms with E-state index in [2.05, 4.69) is 15.5 Å². The molecule has 0 atom stereocenters. The summed E-state index contributed by atoms with van der Waals surface area (Å²) in [5.41, 5.74) is 0.666. The van der Waals surface area contributed by atoms with Gasteiger partial charge >= 0.3 is 6.01 Å². The second kappa shape index (κ2) is 7.89. The molecule has 1 aromatic heterocycles. The summed E-state index contributed by atoms with van der Waals surface area (Å²) in [6.07, 6.45) is 1.95. The molecule has 1 amide bonds. The van der Waals surface area contributed by atoms with Crippen molar-refractivity contribution in [1.29, 1.82) is 0 Å². The van der Waals surface area contributed by atoms with Gasteiger partial charge in [-0.05, 0) is 54.8 Å². The van der Waals surface area contributed by atoms with Crippen LogP contribution in [0.2, 0.25) is 0 Å². The fourth-order valence-corrected chi connectivity index (χ4v) is 3.72. The number of hydrogen-bond acceptors (Lipinski definition) is 7. The Bertz CT molecular complexity index is 1050. The van der Waals surface area contributed by atoms with Crippen LogP contribution in [0.15, 0.2) is 62.7 Å². The summed E-state index contributed by atoms with van der Waals surface area (Å²) >= 11 is 1.59. The number of nitrogens with zero attached hydrogens (tertiary/aromatic N) is 2. The van der Waals surface area contributed by atoms with Crippen LogP contribution in [0, 0.1) is 5.82 Å². The molecule has 0 saturated heterocycles. The predicted molar refractivity (Wildman–Crippen MR) is 98.6 cm³/mol. The summed E-state index contributed by atoms with van der Waals surface area (Å²) in [7, 11) is -3.92. The molecule has 0 aliphatic heterocycles. The lowest BCUT2D eigenvalue weighted by Gasteiger charge is -2.03. The summed E-state index contributed by atoms with van der Waals surface area (Å²) in [6, 6.07) is 11.4. The number of hydrogen-bond donors (Lipinski definition) is 1. The number of carbonyl (C=O) groups excluding carboxylic acids is 1. The summed E-state index contributed by atoms with van der Waals surface area (Å²) < 4.78 is 42.6. The first-order valence-corrected chi connectivity index (χ1v) is 10.5. The molecule has 10 heteroatoms. The van der Waals surface area contributed by atoms with E-state index in [1.54, 1.807) is 23.9 Å². The zero-order valence-corrected chi connectivity index (χ0v) is 15.7. The number of rotatable bonds is 6. The molecule has 7 nitrogen and oxygen atoms in total. The molecule has 3 aromatic rings. The highest BCUT2D eigenvalue weighted by molar-refractivity contribution is 7.98. The first-order chi connectivity index (χ1) is 12.9. The van der Waals surface area contributed by atoms with Crippen LogP contribution in [0.3, 0.4) is 0 Å². The molecule has 1 heterocycles. The summed E-state index contributed by atoms with van der Waals surface area (Å²) in [6.45, 7) is 0. The largest absolute Gasteiger partial charge is 0.403 e. The van der Waals surface area contributed by atoms with Crippen LogP contribution >= 0.6 is 11.8 Å². The predicted octanol–water partition coefficient (Wildman–Crippen LogP) is 3.01. The lowest BCUT2D eigenvalue weighted by molar-refractivity contribution is -0.114. The molecule has 0 spiro atoms. The van der Waals surface area contributed by atoms with E-state index in [0.717, 1.165) is 29.2 Å². The lowest BCUT2D eigenvalue weighted by Crippen LogP contribution is -2.23. The maximum Gasteiger partial charge on any atom is 0.322 e. The Hall–Kier alpha value is -2.72. The van der Waals surface area contributed by atoms with E-state index >= 15 is 0 Å². The van der Waals surface area contributed by atoms with Crippen LogP contribution in [0.5, 0.6) is 0 Å². The molecule has 2 aromatic carbocycles. The number of nitrogens with one attached hydrogen (secondary N) is 1. The molecule has 0 aliphatic carbocycles. The van der Waals surface area contributed by atoms with Crippen LogP contribution in [0.1, 0.15) is 0 Å². The van der Waals surface area contributed by atoms with Gasteiger partial charge in [0.2, 0.25) is 11.8 Å². The number of sulfone groups is 1. The molecular weight excluding hydrogens is 393 g/mol. The Morgan fingerprint density at radius 2 is 1.78 bits per heavy atom. The van der Waals surface area contributed by atoms with Crippen LogP contribution in [-0.2, 0) is 14.6 Å². The number of amides is 1. The van der Waals surface area contributed by atoms with Crippen molar-refractivity contribution < 1.29 is 22.0 Å². The number of carbonyl (C=O) groups is 1. The highest BCUT2D eigenvalue weighted by Gasteiger charge is 2.21. The zero-order valence-electron chi connectivity index (χ0n) is 14.0. The molecule has 0 aliphatic rings. The second-order valence-electron chi connectivity index (χ2n) is 5.40. The van der Waals surface area contributed by atoms with Gasteiger partial charge in [0.05, 0.1) is 4.90 Å². The van der Waals surface area contributed by atoms with E-state index in [1.807, 2.05) is 18.4 Å². The Balaban J connectivity index is 1.67. The van der Waals surface area contributed by atoms with Crippen molar-refractivity contribution in [2.24, 2.45) is 0 Å². The highest BCUT2D eigenvalue weighted by atomic mass is 32.2. The maximum atomic E-state index is 12.9. The summed E-state index contributed by atoms with van der Waals surface area (Å²) in [4.78, 5) is 12.9. The van der Waals surface area contributed by atoms with Crippen molar-refractivity contribution in [3.8, 4) is 11.5 Å². The molecule has 1 N–H and O–H groups in total. The van der Waals surface area contributed by atoms with Gasteiger partial charge in [-0.3, -0.25) is 10.1 Å². The summed E-state index contributed by atoms with van der Waals surface area (Å²) in [5.74, 6) is -2.05. The average molecular weight is 407 g/mol. The van der Waals surface area contributed by atoms with Crippen molar-refractivity contribution in [3.63, 3.8) is 0 Å². The van der Waals surface area contributed by atoms with Crippen LogP contribution in [-0.4, -0.2) is 36.5 Å². The van der Waals surface area contributed by atoms with Gasteiger partial charge in [-0.25, -0.2) is 12.8 Å². The van der Waals surface area contributed by atoms with E-state index in [9.17, 15) is 17.6 Å². The van der Waals surface area contributed by atoms with Crippen molar-refractivity contribution in [2.45, 2.75) is 9.79 Å². The van der Waals surface area contributed by atoms with Crippen molar-refractivity contribution in [1.82, 2.24) is 10.2 Å². The number of aromatic nitrogens is 2. The number of benzene rings is 2. The highest BCUT2D eigenvalue weighted by Crippen LogP contribution is 2.23. The lowest BCUT2D eigenvalue weighted by atomic mass is 10.2. The minimum absolute atomic E-state index is 0.154. The van der Waals surface area contributed by atoms with E-state index in [-0.39, 0.29) is 16.8 Å². The molecule has 27 heavy (non-hydrogen) atoms. The first-order valence-electron chi connectivity index (χ1n) is 7.63. The average Bonchev–Trinajstić information content (AvgIpc) is 3.10. The van der Waals surface area contributed by atoms with Gasteiger partial charge in [-0.15, -0.1) is 16.9 Å². The normalized spacial score (nSPS) is 11.3. The van der Waals surface area contributed by atoms with Gasteiger partial charge in [0.1, 0.15) is 11.6 Å². The third-order valence-electron chi connectivity index (χ3n) is 3.50. The fraction of sp³-hybridized carbons (Fsp3) is 0.118. The Labute approximate surface area is 158 Å². The maximum absolute atomic E-state index is 12.9. The van der Waals surface area contributed by atoms with Gasteiger partial charge in [-0.1, -0.05) is 5.10 Å². The van der Waals surface area contributed by atoms with Gasteiger partial charge in [-0.2, -0.15) is 0 Å². The van der Waals surface area contributed by atoms with Crippen molar-refractivity contribution >= 4 is 33.5 Å². The third-order valence-corrected chi connectivity index (χ3v) is 5.88.